The van der Waals surface area contributed by atoms with Crippen molar-refractivity contribution < 1.29 is 4.79 Å². The molecule has 2 unspecified atom stereocenters. The van der Waals surface area contributed by atoms with Gasteiger partial charge in [0.25, 0.3) is 0 Å². The third kappa shape index (κ3) is 5.91. The van der Waals surface area contributed by atoms with E-state index >= 15 is 0 Å². The first-order valence-corrected chi connectivity index (χ1v) is 10.4. The highest BCUT2D eigenvalue weighted by molar-refractivity contribution is 5.77. The normalized spacial score (nSPS) is 19.0. The van der Waals surface area contributed by atoms with Crippen LogP contribution in [0.1, 0.15) is 24.8 Å². The van der Waals surface area contributed by atoms with Gasteiger partial charge in [-0.1, -0.05) is 48.5 Å². The predicted octanol–water partition coefficient (Wildman–Crippen LogP) is 3.40. The molecule has 0 bridgehead atoms. The van der Waals surface area contributed by atoms with Crippen molar-refractivity contribution in [2.75, 3.05) is 27.2 Å². The van der Waals surface area contributed by atoms with E-state index in [4.69, 9.17) is 5.73 Å². The molecule has 2 aromatic rings. The molecule has 0 aromatic heterocycles. The fourth-order valence-electron chi connectivity index (χ4n) is 4.02. The lowest BCUT2D eigenvalue weighted by molar-refractivity contribution is -0.108. The van der Waals surface area contributed by atoms with Crippen molar-refractivity contribution in [1.29, 1.82) is 0 Å². The number of piperidine rings is 1. The summed E-state index contributed by atoms with van der Waals surface area (Å²) in [6, 6.07) is 19.2. The number of nitrogens with zero attached hydrogens (tertiary/aromatic N) is 3. The minimum Gasteiger partial charge on any atom is -0.370 e. The topological polar surface area (TPSA) is 61.9 Å². The molecular formula is C24H32N4O. The van der Waals surface area contributed by atoms with Crippen LogP contribution in [0.2, 0.25) is 0 Å². The number of hydrogen-bond donors (Lipinski definition) is 1. The molecule has 5 heteroatoms. The highest BCUT2D eigenvalue weighted by Crippen LogP contribution is 2.26. The van der Waals surface area contributed by atoms with Gasteiger partial charge in [-0.2, -0.15) is 0 Å². The van der Waals surface area contributed by atoms with Gasteiger partial charge in [0.1, 0.15) is 6.29 Å². The molecule has 0 radical (unpaired) electrons. The largest absolute Gasteiger partial charge is 0.370 e. The van der Waals surface area contributed by atoms with Crippen LogP contribution < -0.4 is 5.73 Å². The molecule has 0 saturated carbocycles. The molecule has 0 amide bonds. The SMILES string of the molecule is CN(C)C(N)=NC(CC=O)C1CCCN(Cc2cccc(-c3ccccc3)c2)C1. The number of nitrogens with two attached hydrogens (primary N) is 1. The van der Waals surface area contributed by atoms with Gasteiger partial charge < -0.3 is 15.4 Å². The zero-order valence-corrected chi connectivity index (χ0v) is 17.5. The van der Waals surface area contributed by atoms with Crippen LogP contribution in [0, 0.1) is 5.92 Å². The second-order valence-corrected chi connectivity index (χ2v) is 8.06. The number of carbonyl (C=O) groups is 1. The summed E-state index contributed by atoms with van der Waals surface area (Å²) in [5.41, 5.74) is 9.84. The molecule has 1 fully saturated rings. The maximum absolute atomic E-state index is 11.2. The lowest BCUT2D eigenvalue weighted by Gasteiger charge is -2.35. The van der Waals surface area contributed by atoms with Gasteiger partial charge in [0.05, 0.1) is 6.04 Å². The minimum atomic E-state index is -0.0478. The van der Waals surface area contributed by atoms with Gasteiger partial charge >= 0.3 is 0 Å². The molecule has 1 heterocycles. The lowest BCUT2D eigenvalue weighted by atomic mass is 9.89. The number of likely N-dealkylation sites (tertiary alicyclic amines) is 1. The Morgan fingerprint density at radius 1 is 1.21 bits per heavy atom. The Morgan fingerprint density at radius 3 is 2.69 bits per heavy atom. The monoisotopic (exact) mass is 392 g/mol. The first kappa shape index (κ1) is 21.1. The average molecular weight is 393 g/mol. The Bertz CT molecular complexity index is 819. The van der Waals surface area contributed by atoms with E-state index in [1.165, 1.54) is 16.7 Å². The molecule has 0 spiro atoms. The third-order valence-electron chi connectivity index (χ3n) is 5.62. The van der Waals surface area contributed by atoms with Crippen LogP contribution in [-0.2, 0) is 11.3 Å². The van der Waals surface area contributed by atoms with Gasteiger partial charge in [-0.15, -0.1) is 0 Å². The van der Waals surface area contributed by atoms with Crippen molar-refractivity contribution in [2.24, 2.45) is 16.6 Å². The molecule has 5 nitrogen and oxygen atoms in total. The molecule has 3 rings (SSSR count). The summed E-state index contributed by atoms with van der Waals surface area (Å²) in [6.45, 7) is 2.93. The molecule has 1 aliphatic rings. The van der Waals surface area contributed by atoms with Crippen molar-refractivity contribution in [3.63, 3.8) is 0 Å². The van der Waals surface area contributed by atoms with Gasteiger partial charge in [-0.25, -0.2) is 4.99 Å². The second-order valence-electron chi connectivity index (χ2n) is 8.06. The minimum absolute atomic E-state index is 0.0478. The van der Waals surface area contributed by atoms with Crippen LogP contribution in [0.15, 0.2) is 59.6 Å². The zero-order chi connectivity index (χ0) is 20.6. The fraction of sp³-hybridized carbons (Fsp3) is 0.417. The smallest absolute Gasteiger partial charge is 0.191 e. The molecule has 1 saturated heterocycles. The van der Waals surface area contributed by atoms with Gasteiger partial charge in [-0.3, -0.25) is 4.90 Å². The molecule has 2 aromatic carbocycles. The first-order chi connectivity index (χ1) is 14.1. The van der Waals surface area contributed by atoms with E-state index in [9.17, 15) is 4.79 Å². The average Bonchev–Trinajstić information content (AvgIpc) is 2.74. The van der Waals surface area contributed by atoms with E-state index in [0.29, 0.717) is 18.3 Å². The number of guanidine groups is 1. The fourth-order valence-corrected chi connectivity index (χ4v) is 4.02. The van der Waals surface area contributed by atoms with Gasteiger partial charge in [0.2, 0.25) is 0 Å². The van der Waals surface area contributed by atoms with E-state index < -0.39 is 0 Å². The predicted molar refractivity (Wildman–Crippen MR) is 120 cm³/mol. The summed E-state index contributed by atoms with van der Waals surface area (Å²) < 4.78 is 0. The summed E-state index contributed by atoms with van der Waals surface area (Å²) >= 11 is 0. The molecule has 154 valence electrons. The van der Waals surface area contributed by atoms with Crippen molar-refractivity contribution in [1.82, 2.24) is 9.80 Å². The lowest BCUT2D eigenvalue weighted by Crippen LogP contribution is -2.41. The molecular weight excluding hydrogens is 360 g/mol. The molecule has 2 atom stereocenters. The van der Waals surface area contributed by atoms with E-state index in [0.717, 1.165) is 38.8 Å². The van der Waals surface area contributed by atoms with Crippen LogP contribution in [0.4, 0.5) is 0 Å². The van der Waals surface area contributed by atoms with Crippen LogP contribution in [0.3, 0.4) is 0 Å². The Morgan fingerprint density at radius 2 is 1.97 bits per heavy atom. The van der Waals surface area contributed by atoms with Crippen molar-refractivity contribution >= 4 is 12.2 Å². The van der Waals surface area contributed by atoms with Crippen molar-refractivity contribution in [3.05, 3.63) is 60.2 Å². The molecule has 2 N–H and O–H groups in total. The summed E-state index contributed by atoms with van der Waals surface area (Å²) in [4.78, 5) is 20.1. The van der Waals surface area contributed by atoms with E-state index in [1.807, 2.05) is 20.2 Å². The number of benzene rings is 2. The quantitative estimate of drug-likeness (QED) is 0.446. The Kier molecular flexibility index (Phi) is 7.42. The van der Waals surface area contributed by atoms with Gasteiger partial charge in [0.15, 0.2) is 5.96 Å². The number of rotatable bonds is 7. The number of aldehydes is 1. The molecule has 29 heavy (non-hydrogen) atoms. The van der Waals surface area contributed by atoms with Crippen LogP contribution in [0.25, 0.3) is 11.1 Å². The Labute approximate surface area is 174 Å². The molecule has 1 aliphatic heterocycles. The summed E-state index contributed by atoms with van der Waals surface area (Å²) in [5, 5.41) is 0. The van der Waals surface area contributed by atoms with E-state index in [1.54, 1.807) is 4.90 Å². The third-order valence-corrected chi connectivity index (χ3v) is 5.62. The van der Waals surface area contributed by atoms with Crippen molar-refractivity contribution in [2.45, 2.75) is 31.8 Å². The number of hydrogen-bond acceptors (Lipinski definition) is 3. The van der Waals surface area contributed by atoms with E-state index in [-0.39, 0.29) is 6.04 Å². The number of aliphatic imine (C=N–C) groups is 1. The summed E-state index contributed by atoms with van der Waals surface area (Å²) in [7, 11) is 3.76. The van der Waals surface area contributed by atoms with Crippen LogP contribution >= 0.6 is 0 Å². The number of carbonyl (C=O) groups excluding carboxylic acids is 1. The summed E-state index contributed by atoms with van der Waals surface area (Å²) in [6.07, 6.45) is 3.61. The Hall–Kier alpha value is -2.66. The first-order valence-electron chi connectivity index (χ1n) is 10.4. The highest BCUT2D eigenvalue weighted by atomic mass is 16.1. The van der Waals surface area contributed by atoms with Crippen LogP contribution in [-0.4, -0.2) is 55.3 Å². The van der Waals surface area contributed by atoms with E-state index in [2.05, 4.69) is 58.4 Å². The highest BCUT2D eigenvalue weighted by Gasteiger charge is 2.27. The summed E-state index contributed by atoms with van der Waals surface area (Å²) in [5.74, 6) is 0.842. The maximum Gasteiger partial charge on any atom is 0.191 e. The maximum atomic E-state index is 11.2. The Balaban J connectivity index is 1.69. The molecule has 0 aliphatic carbocycles. The second kappa shape index (κ2) is 10.2. The zero-order valence-electron chi connectivity index (χ0n) is 17.5. The van der Waals surface area contributed by atoms with Crippen LogP contribution in [0.5, 0.6) is 0 Å². The van der Waals surface area contributed by atoms with Gasteiger partial charge in [-0.05, 0) is 48.1 Å². The van der Waals surface area contributed by atoms with Gasteiger partial charge in [0, 0.05) is 33.6 Å². The van der Waals surface area contributed by atoms with Crippen molar-refractivity contribution in [3.8, 4) is 11.1 Å². The standard InChI is InChI=1S/C24H32N4O/c1-27(2)24(25)26-23(13-15-29)22-12-7-14-28(18-22)17-19-8-6-11-21(16-19)20-9-4-3-5-10-20/h3-6,8-11,15-16,22-23H,7,12-14,17-18H2,1-2H3,(H2,25,26).